The monoisotopic (exact) mass is 391 g/mol. The second-order valence-corrected chi connectivity index (χ2v) is 7.93. The first kappa shape index (κ1) is 19.4. The highest BCUT2D eigenvalue weighted by atomic mass is 32.2. The van der Waals surface area contributed by atoms with Gasteiger partial charge in [0.2, 0.25) is 12.5 Å². The minimum Gasteiger partial charge on any atom is -0.543 e. The third-order valence-corrected chi connectivity index (χ3v) is 6.16. The van der Waals surface area contributed by atoms with E-state index in [-0.39, 0.29) is 30.1 Å². The second-order valence-electron chi connectivity index (χ2n) is 6.88. The average Bonchev–Trinajstić information content (AvgIpc) is 2.82. The van der Waals surface area contributed by atoms with Crippen LogP contribution < -0.4 is 15.4 Å². The molecule has 144 valence electrons. The van der Waals surface area contributed by atoms with E-state index >= 15 is 0 Å². The minimum atomic E-state index is -1.37. The van der Waals surface area contributed by atoms with E-state index in [0.29, 0.717) is 11.3 Å². The highest BCUT2D eigenvalue weighted by Crippen LogP contribution is 2.47. The van der Waals surface area contributed by atoms with Gasteiger partial charge in [0.05, 0.1) is 29.7 Å². The van der Waals surface area contributed by atoms with Crippen LogP contribution in [0.15, 0.2) is 40.7 Å². The quantitative estimate of drug-likeness (QED) is 0.328. The number of carboxylic acid groups (broad SMARTS) is 1. The number of pyridine rings is 1. The fourth-order valence-electron chi connectivity index (χ4n) is 3.81. The normalized spacial score (nSPS) is 25.2. The van der Waals surface area contributed by atoms with Crippen molar-refractivity contribution in [1.82, 2.24) is 4.90 Å². The summed E-state index contributed by atoms with van der Waals surface area (Å²) in [5, 5.41) is 21.5. The van der Waals surface area contributed by atoms with Gasteiger partial charge in [-0.2, -0.15) is 4.57 Å². The third kappa shape index (κ3) is 3.44. The van der Waals surface area contributed by atoms with Crippen molar-refractivity contribution >= 4 is 29.5 Å². The number of nitrogens with zero attached hydrogens (tertiary/aromatic N) is 2. The molecule has 0 bridgehead atoms. The van der Waals surface area contributed by atoms with Gasteiger partial charge in [0.25, 0.3) is 5.91 Å². The van der Waals surface area contributed by atoms with Gasteiger partial charge in [-0.1, -0.05) is 6.92 Å². The van der Waals surface area contributed by atoms with Gasteiger partial charge < -0.3 is 25.6 Å². The molecule has 0 spiro atoms. The topological polar surface area (TPSA) is 128 Å². The summed E-state index contributed by atoms with van der Waals surface area (Å²) in [6.07, 6.45) is 2.62. The number of nitrogens with two attached hydrogens (primary N) is 1. The molecule has 0 unspecified atom stereocenters. The summed E-state index contributed by atoms with van der Waals surface area (Å²) in [4.78, 5) is 37.0. The lowest BCUT2D eigenvalue weighted by molar-refractivity contribution is -0.684. The van der Waals surface area contributed by atoms with Crippen molar-refractivity contribution < 1.29 is 29.2 Å². The lowest BCUT2D eigenvalue weighted by Crippen LogP contribution is -2.64. The summed E-state index contributed by atoms with van der Waals surface area (Å²) in [5.74, 6) is -2.55. The molecule has 0 radical (unpaired) electrons. The van der Waals surface area contributed by atoms with Crippen LogP contribution in [-0.2, 0) is 20.9 Å². The smallest absolute Gasteiger partial charge is 0.283 e. The van der Waals surface area contributed by atoms with Crippen molar-refractivity contribution in [2.45, 2.75) is 37.4 Å². The fraction of sp³-hybridized carbons (Fsp3) is 0.444. The van der Waals surface area contributed by atoms with Gasteiger partial charge >= 0.3 is 0 Å². The number of aromatic nitrogens is 1. The maximum atomic E-state index is 12.3. The largest absolute Gasteiger partial charge is 0.543 e. The van der Waals surface area contributed by atoms with Crippen LogP contribution >= 0.6 is 11.8 Å². The molecule has 0 aliphatic carbocycles. The van der Waals surface area contributed by atoms with E-state index in [2.05, 4.69) is 0 Å². The number of hydrogen-bond acceptors (Lipinski definition) is 6. The van der Waals surface area contributed by atoms with Crippen LogP contribution in [0.3, 0.4) is 0 Å². The molecule has 1 fully saturated rings. The second kappa shape index (κ2) is 7.32. The van der Waals surface area contributed by atoms with Crippen LogP contribution in [0.4, 0.5) is 0 Å². The van der Waals surface area contributed by atoms with Crippen molar-refractivity contribution in [2.75, 3.05) is 5.75 Å². The van der Waals surface area contributed by atoms with E-state index in [1.807, 2.05) is 19.1 Å². The van der Waals surface area contributed by atoms with Crippen molar-refractivity contribution in [3.63, 3.8) is 0 Å². The zero-order valence-electron chi connectivity index (χ0n) is 15.0. The van der Waals surface area contributed by atoms with Gasteiger partial charge in [0.15, 0.2) is 12.4 Å². The van der Waals surface area contributed by atoms with Crippen LogP contribution in [-0.4, -0.2) is 45.7 Å². The molecule has 1 aromatic heterocycles. The number of carbonyl (C=O) groups excluding carboxylic acids is 3. The van der Waals surface area contributed by atoms with Crippen LogP contribution in [0, 0.1) is 11.8 Å². The van der Waals surface area contributed by atoms with E-state index < -0.39 is 23.9 Å². The number of primary amides is 1. The Hall–Kier alpha value is -2.39. The Balaban J connectivity index is 1.76. The van der Waals surface area contributed by atoms with Crippen LogP contribution in [0.25, 0.3) is 0 Å². The van der Waals surface area contributed by atoms with Gasteiger partial charge in [0, 0.05) is 28.7 Å². The summed E-state index contributed by atoms with van der Waals surface area (Å²) in [6, 6.07) is 3.28. The van der Waals surface area contributed by atoms with Gasteiger partial charge in [-0.15, -0.1) is 11.8 Å². The van der Waals surface area contributed by atoms with Crippen molar-refractivity contribution in [2.24, 2.45) is 17.6 Å². The molecule has 27 heavy (non-hydrogen) atoms. The van der Waals surface area contributed by atoms with E-state index in [1.54, 1.807) is 23.9 Å². The van der Waals surface area contributed by atoms with Crippen LogP contribution in [0.2, 0.25) is 0 Å². The number of rotatable bonds is 7. The van der Waals surface area contributed by atoms with E-state index in [9.17, 15) is 24.6 Å². The average molecular weight is 391 g/mol. The molecular weight excluding hydrogens is 370 g/mol. The number of β-lactam (4-membered cyclic amide) rings is 1. The number of aliphatic carboxylic acids is 1. The van der Waals surface area contributed by atoms with Crippen LogP contribution in [0.5, 0.6) is 0 Å². The molecule has 3 rings (SSSR count). The molecule has 0 aromatic carbocycles. The Morgan fingerprint density at radius 3 is 2.56 bits per heavy atom. The van der Waals surface area contributed by atoms with Gasteiger partial charge in [-0.3, -0.25) is 9.59 Å². The molecular formula is C18H21N3O5S. The van der Waals surface area contributed by atoms with Gasteiger partial charge in [0.1, 0.15) is 0 Å². The Bertz CT molecular complexity index is 821. The fourth-order valence-corrected chi connectivity index (χ4v) is 4.85. The Morgan fingerprint density at radius 2 is 2.04 bits per heavy atom. The molecule has 1 saturated heterocycles. The van der Waals surface area contributed by atoms with Crippen molar-refractivity contribution in [1.29, 1.82) is 0 Å². The highest BCUT2D eigenvalue weighted by molar-refractivity contribution is 7.99. The van der Waals surface area contributed by atoms with E-state index in [4.69, 9.17) is 5.73 Å². The number of aliphatic hydroxyl groups excluding tert-OH is 1. The first-order chi connectivity index (χ1) is 12.7. The lowest BCUT2D eigenvalue weighted by atomic mass is 9.78. The molecule has 2 aliphatic rings. The summed E-state index contributed by atoms with van der Waals surface area (Å²) >= 11 is 1.43. The third-order valence-electron chi connectivity index (χ3n) is 5.10. The Morgan fingerprint density at radius 1 is 1.41 bits per heavy atom. The summed E-state index contributed by atoms with van der Waals surface area (Å²) in [5.41, 5.74) is 5.72. The van der Waals surface area contributed by atoms with Gasteiger partial charge in [-0.05, 0) is 12.5 Å². The standard InChI is InChI=1S/C18H21N3O5S/c1-9-12(8-27-11-3-5-20(6-4-11)7-13(19)23)16(18(25)26)21-15(9)14(10(2)22)17(21)24/h3-6,9-10,14-15,22H,7-8H2,1-2H3,(H2-,19,23,25,26)/t9-,10+,14+,15+/m0/s1. The number of hydrogen-bond donors (Lipinski definition) is 2. The molecule has 9 heteroatoms. The molecule has 3 heterocycles. The first-order valence-electron chi connectivity index (χ1n) is 8.58. The van der Waals surface area contributed by atoms with Crippen molar-refractivity contribution in [3.05, 3.63) is 35.8 Å². The first-order valence-corrected chi connectivity index (χ1v) is 9.56. The number of carboxylic acids is 1. The SMILES string of the molecule is C[C@@H](O)[C@H]1C(=O)N2C(C(=O)[O-])=C(CSc3cc[n+](CC(N)=O)cc3)[C@H](C)[C@H]12. The predicted octanol–water partition coefficient (Wildman–Crippen LogP) is -1.59. The number of aliphatic hydroxyl groups is 1. The zero-order chi connectivity index (χ0) is 19.9. The molecule has 0 saturated carbocycles. The Kier molecular flexibility index (Phi) is 5.25. The van der Waals surface area contributed by atoms with Crippen molar-refractivity contribution in [3.8, 4) is 0 Å². The lowest BCUT2D eigenvalue weighted by Gasteiger charge is -2.47. The number of amides is 2. The van der Waals surface area contributed by atoms with E-state index in [1.165, 1.54) is 16.7 Å². The Labute approximate surface area is 160 Å². The highest BCUT2D eigenvalue weighted by Gasteiger charge is 2.58. The number of fused-ring (bicyclic) bond motifs is 1. The summed E-state index contributed by atoms with van der Waals surface area (Å²) in [6.45, 7) is 3.50. The predicted molar refractivity (Wildman–Crippen MR) is 93.6 cm³/mol. The summed E-state index contributed by atoms with van der Waals surface area (Å²) in [7, 11) is 0. The molecule has 8 nitrogen and oxygen atoms in total. The molecule has 2 amide bonds. The maximum Gasteiger partial charge on any atom is 0.283 e. The summed E-state index contributed by atoms with van der Waals surface area (Å²) < 4.78 is 1.65. The minimum absolute atomic E-state index is 0.0679. The van der Waals surface area contributed by atoms with Crippen LogP contribution in [0.1, 0.15) is 13.8 Å². The molecule has 3 N–H and O–H groups in total. The van der Waals surface area contributed by atoms with E-state index in [0.717, 1.165) is 4.90 Å². The molecule has 1 aromatic rings. The molecule has 4 atom stereocenters. The maximum absolute atomic E-state index is 12.3. The van der Waals surface area contributed by atoms with Gasteiger partial charge in [-0.25, -0.2) is 0 Å². The zero-order valence-corrected chi connectivity index (χ0v) is 15.8. The number of carbonyl (C=O) groups is 3. The molecule has 2 aliphatic heterocycles. The number of thioether (sulfide) groups is 1.